The van der Waals surface area contributed by atoms with Crippen LogP contribution < -0.4 is 0 Å². The molecule has 1 saturated heterocycles. The van der Waals surface area contributed by atoms with Crippen molar-refractivity contribution in [3.63, 3.8) is 0 Å². The van der Waals surface area contributed by atoms with E-state index < -0.39 is 0 Å². The van der Waals surface area contributed by atoms with E-state index in [2.05, 4.69) is 77.5 Å². The summed E-state index contributed by atoms with van der Waals surface area (Å²) in [4.78, 5) is 15.0. The number of aliphatic imine (C=N–C) groups is 1. The number of hydrogen-bond donors (Lipinski definition) is 0. The van der Waals surface area contributed by atoms with E-state index in [1.807, 2.05) is 6.07 Å². The number of rotatable bonds is 6. The first-order chi connectivity index (χ1) is 16.9. The number of amidine groups is 1. The van der Waals surface area contributed by atoms with E-state index in [1.54, 1.807) is 17.4 Å². The third-order valence-electron chi connectivity index (χ3n) is 6.71. The molecule has 2 aromatic heterocycles. The Hall–Kier alpha value is -3.51. The van der Waals surface area contributed by atoms with Crippen LogP contribution in [0, 0.1) is 12.7 Å². The van der Waals surface area contributed by atoms with Crippen molar-refractivity contribution in [3.8, 4) is 0 Å². The summed E-state index contributed by atoms with van der Waals surface area (Å²) in [5.74, 6) is 0.875. The number of aromatic nitrogens is 1. The van der Waals surface area contributed by atoms with Gasteiger partial charge in [0.05, 0.1) is 16.8 Å². The summed E-state index contributed by atoms with van der Waals surface area (Å²) in [6.45, 7) is 15.4. The van der Waals surface area contributed by atoms with Crippen molar-refractivity contribution in [2.45, 2.75) is 32.7 Å². The fourth-order valence-electron chi connectivity index (χ4n) is 4.85. The minimum atomic E-state index is -0.305. The van der Waals surface area contributed by atoms with E-state index in [9.17, 15) is 4.39 Å². The molecule has 2 aliphatic rings. The topological polar surface area (TPSA) is 31.7 Å². The van der Waals surface area contributed by atoms with Crippen LogP contribution in [0.1, 0.15) is 41.0 Å². The van der Waals surface area contributed by atoms with Crippen LogP contribution >= 0.6 is 11.3 Å². The van der Waals surface area contributed by atoms with Crippen molar-refractivity contribution >= 4 is 17.2 Å². The molecule has 6 heteroatoms. The maximum absolute atomic E-state index is 13.3. The van der Waals surface area contributed by atoms with Gasteiger partial charge in [-0.3, -0.25) is 4.98 Å². The molecular formula is C29H29FN4S. The van der Waals surface area contributed by atoms with Gasteiger partial charge in [0.2, 0.25) is 0 Å². The highest BCUT2D eigenvalue weighted by atomic mass is 32.1. The van der Waals surface area contributed by atoms with Crippen LogP contribution in [-0.4, -0.2) is 33.7 Å². The lowest BCUT2D eigenvalue weighted by Gasteiger charge is -2.35. The van der Waals surface area contributed by atoms with E-state index >= 15 is 0 Å². The summed E-state index contributed by atoms with van der Waals surface area (Å²) in [5.41, 5.74) is 7.13. The van der Waals surface area contributed by atoms with Crippen LogP contribution in [0.15, 0.2) is 101 Å². The maximum Gasteiger partial charge on any atom is 0.151 e. The predicted octanol–water partition coefficient (Wildman–Crippen LogP) is 6.64. The molecule has 2 aliphatic heterocycles. The van der Waals surface area contributed by atoms with Gasteiger partial charge < -0.3 is 9.80 Å². The lowest BCUT2D eigenvalue weighted by Crippen LogP contribution is -2.34. The molecular weight excluding hydrogens is 455 g/mol. The summed E-state index contributed by atoms with van der Waals surface area (Å²) < 4.78 is 13.3. The molecule has 1 atom stereocenters. The van der Waals surface area contributed by atoms with Crippen molar-refractivity contribution in [2.75, 3.05) is 13.1 Å². The average Bonchev–Trinajstić information content (AvgIpc) is 3.51. The van der Waals surface area contributed by atoms with E-state index in [-0.39, 0.29) is 11.7 Å². The van der Waals surface area contributed by atoms with Crippen molar-refractivity contribution in [3.05, 3.63) is 123 Å². The molecule has 4 heterocycles. The number of halogens is 1. The Morgan fingerprint density at radius 2 is 1.97 bits per heavy atom. The SMILES string of the molecule is C=C1N=C(c2cc(C)cs2)N(Cc2ccccc2)C(C)=C1C(=C)N1CCC(c2ccc(F)cn2)C1. The van der Waals surface area contributed by atoms with Crippen LogP contribution in [0.2, 0.25) is 0 Å². The van der Waals surface area contributed by atoms with Crippen LogP contribution in [-0.2, 0) is 6.54 Å². The van der Waals surface area contributed by atoms with Gasteiger partial charge in [0.25, 0.3) is 0 Å². The second-order valence-corrected chi connectivity index (χ2v) is 10.1. The second kappa shape index (κ2) is 9.62. The van der Waals surface area contributed by atoms with Crippen LogP contribution in [0.25, 0.3) is 0 Å². The van der Waals surface area contributed by atoms with Crippen LogP contribution in [0.4, 0.5) is 4.39 Å². The van der Waals surface area contributed by atoms with Gasteiger partial charge in [0.1, 0.15) is 5.82 Å². The molecule has 5 rings (SSSR count). The summed E-state index contributed by atoms with van der Waals surface area (Å²) >= 11 is 1.71. The Kier molecular flexibility index (Phi) is 6.39. The fourth-order valence-corrected chi connectivity index (χ4v) is 5.75. The van der Waals surface area contributed by atoms with E-state index in [4.69, 9.17) is 4.99 Å². The van der Waals surface area contributed by atoms with Gasteiger partial charge in [0, 0.05) is 48.2 Å². The quantitative estimate of drug-likeness (QED) is 0.393. The molecule has 0 saturated carbocycles. The molecule has 0 aliphatic carbocycles. The molecule has 0 radical (unpaired) electrons. The zero-order valence-electron chi connectivity index (χ0n) is 20.2. The van der Waals surface area contributed by atoms with E-state index in [0.29, 0.717) is 6.54 Å². The maximum atomic E-state index is 13.3. The van der Waals surface area contributed by atoms with Gasteiger partial charge in [-0.25, -0.2) is 9.38 Å². The Labute approximate surface area is 210 Å². The molecule has 0 amide bonds. The summed E-state index contributed by atoms with van der Waals surface area (Å²) in [5, 5.41) is 2.16. The highest BCUT2D eigenvalue weighted by Gasteiger charge is 2.32. The van der Waals surface area contributed by atoms with Crippen LogP contribution in [0.3, 0.4) is 0 Å². The van der Waals surface area contributed by atoms with Crippen molar-refractivity contribution in [1.29, 1.82) is 0 Å². The zero-order valence-corrected chi connectivity index (χ0v) is 21.0. The average molecular weight is 485 g/mol. The standard InChI is InChI=1S/C29H29FN4S/c1-19-14-27(35-18-19)29-32-20(2)28(22(4)34(29)16-23-8-6-5-7-9-23)21(3)33-13-12-24(17-33)26-11-10-25(30)15-31-26/h5-11,14-15,18,24H,2-3,12-13,16-17H2,1,4H3. The highest BCUT2D eigenvalue weighted by molar-refractivity contribution is 7.12. The number of aryl methyl sites for hydroxylation is 1. The van der Waals surface area contributed by atoms with Gasteiger partial charge in [-0.1, -0.05) is 43.5 Å². The van der Waals surface area contributed by atoms with Crippen molar-refractivity contribution in [2.24, 2.45) is 4.99 Å². The monoisotopic (exact) mass is 484 g/mol. The van der Waals surface area contributed by atoms with Gasteiger partial charge >= 0.3 is 0 Å². The molecule has 35 heavy (non-hydrogen) atoms. The van der Waals surface area contributed by atoms with Crippen molar-refractivity contribution in [1.82, 2.24) is 14.8 Å². The molecule has 4 nitrogen and oxygen atoms in total. The largest absolute Gasteiger partial charge is 0.371 e. The highest BCUT2D eigenvalue weighted by Crippen LogP contribution is 2.37. The summed E-state index contributed by atoms with van der Waals surface area (Å²) in [7, 11) is 0. The first kappa shape index (κ1) is 23.2. The Balaban J connectivity index is 1.44. The number of benzene rings is 1. The Bertz CT molecular complexity index is 1320. The first-order valence-corrected chi connectivity index (χ1v) is 12.7. The second-order valence-electron chi connectivity index (χ2n) is 9.18. The number of allylic oxidation sites excluding steroid dienone is 1. The fraction of sp³-hybridized carbons (Fsp3) is 0.241. The smallest absolute Gasteiger partial charge is 0.151 e. The Morgan fingerprint density at radius 1 is 1.17 bits per heavy atom. The minimum absolute atomic E-state index is 0.249. The molecule has 1 aromatic carbocycles. The van der Waals surface area contributed by atoms with Crippen LogP contribution in [0.5, 0.6) is 0 Å². The number of pyridine rings is 1. The predicted molar refractivity (Wildman–Crippen MR) is 142 cm³/mol. The van der Waals surface area contributed by atoms with E-state index in [1.165, 1.54) is 23.4 Å². The van der Waals surface area contributed by atoms with Gasteiger partial charge in [0.15, 0.2) is 5.84 Å². The van der Waals surface area contributed by atoms with Crippen molar-refractivity contribution < 1.29 is 4.39 Å². The first-order valence-electron chi connectivity index (χ1n) is 11.8. The lowest BCUT2D eigenvalue weighted by molar-refractivity contribution is 0.420. The summed E-state index contributed by atoms with van der Waals surface area (Å²) in [6.07, 6.45) is 2.25. The molecule has 0 bridgehead atoms. The normalized spacial score (nSPS) is 18.3. The zero-order chi connectivity index (χ0) is 24.5. The Morgan fingerprint density at radius 3 is 2.66 bits per heavy atom. The minimum Gasteiger partial charge on any atom is -0.371 e. The third kappa shape index (κ3) is 4.71. The van der Waals surface area contributed by atoms with Gasteiger partial charge in [-0.05, 0) is 55.0 Å². The number of thiophene rings is 1. The number of likely N-dealkylation sites (tertiary alicyclic amines) is 1. The van der Waals surface area contributed by atoms with Gasteiger partial charge in [-0.15, -0.1) is 11.3 Å². The van der Waals surface area contributed by atoms with E-state index in [0.717, 1.165) is 58.6 Å². The third-order valence-corrected chi connectivity index (χ3v) is 7.76. The molecule has 178 valence electrons. The molecule has 3 aromatic rings. The molecule has 0 spiro atoms. The lowest BCUT2D eigenvalue weighted by atomic mass is 10.0. The number of hydrogen-bond acceptors (Lipinski definition) is 5. The van der Waals surface area contributed by atoms with Gasteiger partial charge in [-0.2, -0.15) is 0 Å². The number of nitrogens with zero attached hydrogens (tertiary/aromatic N) is 4. The molecule has 1 unspecified atom stereocenters. The molecule has 0 N–H and O–H groups in total. The molecule has 1 fully saturated rings. The summed E-state index contributed by atoms with van der Waals surface area (Å²) in [6, 6.07) is 15.9.